The molecule has 150 valence electrons. The Kier molecular flexibility index (Phi) is 5.66. The van der Waals surface area contributed by atoms with Crippen molar-refractivity contribution in [2.24, 2.45) is 0 Å². The Bertz CT molecular complexity index is 1010. The van der Waals surface area contributed by atoms with Gasteiger partial charge >= 0.3 is 0 Å². The van der Waals surface area contributed by atoms with Crippen LogP contribution in [0.1, 0.15) is 48.1 Å². The molecular weight excluding hydrogens is 388 g/mol. The molecule has 0 saturated carbocycles. The highest BCUT2D eigenvalue weighted by molar-refractivity contribution is 7.15. The molecule has 4 rings (SSSR count). The number of hydrogen-bond acceptors (Lipinski definition) is 8. The molecule has 4 heterocycles. The molecule has 1 N–H and O–H groups in total. The third-order valence-electron chi connectivity index (χ3n) is 4.67. The van der Waals surface area contributed by atoms with Gasteiger partial charge in [-0.1, -0.05) is 18.3 Å². The zero-order chi connectivity index (χ0) is 20.2. The highest BCUT2D eigenvalue weighted by Gasteiger charge is 2.30. The molecule has 1 atom stereocenters. The average Bonchev–Trinajstić information content (AvgIpc) is 3.46. The monoisotopic (exact) mass is 410 g/mol. The van der Waals surface area contributed by atoms with Crippen LogP contribution < -0.4 is 5.32 Å². The van der Waals surface area contributed by atoms with E-state index in [0.29, 0.717) is 29.1 Å². The zero-order valence-corrected chi connectivity index (χ0v) is 17.1. The third-order valence-corrected chi connectivity index (χ3v) is 5.66. The highest BCUT2D eigenvalue weighted by Crippen LogP contribution is 2.32. The summed E-state index contributed by atoms with van der Waals surface area (Å²) < 4.78 is 5.26. The van der Waals surface area contributed by atoms with Gasteiger partial charge in [-0.15, -0.1) is 10.2 Å². The highest BCUT2D eigenvalue weighted by atomic mass is 32.1. The quantitative estimate of drug-likeness (QED) is 0.615. The summed E-state index contributed by atoms with van der Waals surface area (Å²) in [4.78, 5) is 23.7. The second-order valence-electron chi connectivity index (χ2n) is 6.74. The number of rotatable bonds is 6. The van der Waals surface area contributed by atoms with E-state index in [9.17, 15) is 4.79 Å². The minimum atomic E-state index is -0.0772. The Hall–Kier alpha value is -3.07. The van der Waals surface area contributed by atoms with Crippen molar-refractivity contribution in [3.05, 3.63) is 52.8 Å². The topological polar surface area (TPSA) is 97.0 Å². The van der Waals surface area contributed by atoms with Gasteiger partial charge in [0.1, 0.15) is 22.4 Å². The molecular formula is C20H22N6O2S. The number of aromatic nitrogens is 4. The Balaban J connectivity index is 1.53. The first-order chi connectivity index (χ1) is 14.1. The van der Waals surface area contributed by atoms with E-state index >= 15 is 0 Å². The van der Waals surface area contributed by atoms with Crippen LogP contribution >= 0.6 is 11.3 Å². The molecule has 0 spiro atoms. The standard InChI is InChI=1S/C20H22N6O2S/c1-3-18-24-25-20(29-18)23-17-12-15(21-13(2)22-17)16-7-4-10-26(16)19(27)9-8-14-6-5-11-28-14/h5-6,8-9,11-12,16H,3-4,7,10H2,1-2H3,(H,21,22,23,25)/b9-8+/t16-/m0/s1. The van der Waals surface area contributed by atoms with Gasteiger partial charge in [-0.25, -0.2) is 9.97 Å². The summed E-state index contributed by atoms with van der Waals surface area (Å²) in [5, 5.41) is 13.2. The van der Waals surface area contributed by atoms with Gasteiger partial charge in [-0.05, 0) is 44.4 Å². The fourth-order valence-electron chi connectivity index (χ4n) is 3.36. The van der Waals surface area contributed by atoms with Gasteiger partial charge in [0.05, 0.1) is 18.0 Å². The first kappa shape index (κ1) is 19.3. The van der Waals surface area contributed by atoms with Crippen molar-refractivity contribution in [3.63, 3.8) is 0 Å². The summed E-state index contributed by atoms with van der Waals surface area (Å²) in [7, 11) is 0. The SMILES string of the molecule is CCc1nnc(Nc2cc([C@@H]3CCCN3C(=O)/C=C/c3ccco3)nc(C)n2)s1. The van der Waals surface area contributed by atoms with E-state index in [1.807, 2.05) is 30.9 Å². The molecule has 1 saturated heterocycles. The molecule has 1 amide bonds. The molecule has 9 heteroatoms. The van der Waals surface area contributed by atoms with Crippen LogP contribution in [0.3, 0.4) is 0 Å². The second-order valence-corrected chi connectivity index (χ2v) is 7.81. The molecule has 0 aromatic carbocycles. The van der Waals surface area contributed by atoms with Crippen molar-refractivity contribution in [3.8, 4) is 0 Å². The smallest absolute Gasteiger partial charge is 0.247 e. The van der Waals surface area contributed by atoms with Crippen LogP contribution in [-0.2, 0) is 11.2 Å². The van der Waals surface area contributed by atoms with E-state index < -0.39 is 0 Å². The van der Waals surface area contributed by atoms with Gasteiger partial charge in [-0.2, -0.15) is 0 Å². The Morgan fingerprint density at radius 1 is 1.41 bits per heavy atom. The minimum Gasteiger partial charge on any atom is -0.465 e. The number of likely N-dealkylation sites (tertiary alicyclic amines) is 1. The summed E-state index contributed by atoms with van der Waals surface area (Å²) >= 11 is 1.51. The lowest BCUT2D eigenvalue weighted by atomic mass is 10.1. The number of nitrogens with zero attached hydrogens (tertiary/aromatic N) is 5. The predicted octanol–water partition coefficient (Wildman–Crippen LogP) is 3.91. The zero-order valence-electron chi connectivity index (χ0n) is 16.3. The lowest BCUT2D eigenvalue weighted by molar-refractivity contribution is -0.126. The predicted molar refractivity (Wildman–Crippen MR) is 111 cm³/mol. The van der Waals surface area contributed by atoms with E-state index in [1.165, 1.54) is 11.3 Å². The number of furan rings is 1. The minimum absolute atomic E-state index is 0.0496. The second kappa shape index (κ2) is 8.52. The first-order valence-electron chi connectivity index (χ1n) is 9.59. The van der Waals surface area contributed by atoms with Crippen LogP contribution in [0.25, 0.3) is 6.08 Å². The Morgan fingerprint density at radius 2 is 2.31 bits per heavy atom. The van der Waals surface area contributed by atoms with Crippen LogP contribution in [0.2, 0.25) is 0 Å². The number of amides is 1. The lowest BCUT2D eigenvalue weighted by Gasteiger charge is -2.23. The summed E-state index contributed by atoms with van der Waals surface area (Å²) in [6.07, 6.45) is 7.48. The fourth-order valence-corrected chi connectivity index (χ4v) is 4.04. The number of aryl methyl sites for hydroxylation is 2. The number of carbonyl (C=O) groups is 1. The van der Waals surface area contributed by atoms with E-state index in [-0.39, 0.29) is 11.9 Å². The molecule has 0 radical (unpaired) electrons. The van der Waals surface area contributed by atoms with Gasteiger partial charge in [0.25, 0.3) is 0 Å². The summed E-state index contributed by atoms with van der Waals surface area (Å²) in [5.41, 5.74) is 0.831. The summed E-state index contributed by atoms with van der Waals surface area (Å²) in [5.74, 6) is 1.92. The molecule has 0 aliphatic carbocycles. The number of anilines is 2. The molecule has 0 unspecified atom stereocenters. The van der Waals surface area contributed by atoms with E-state index in [1.54, 1.807) is 24.5 Å². The van der Waals surface area contributed by atoms with Crippen molar-refractivity contribution in [2.75, 3.05) is 11.9 Å². The molecule has 1 aliphatic heterocycles. The van der Waals surface area contributed by atoms with Gasteiger partial charge in [-0.3, -0.25) is 4.79 Å². The van der Waals surface area contributed by atoms with Crippen LogP contribution in [0.5, 0.6) is 0 Å². The Morgan fingerprint density at radius 3 is 3.07 bits per heavy atom. The molecule has 29 heavy (non-hydrogen) atoms. The maximum atomic E-state index is 12.7. The summed E-state index contributed by atoms with van der Waals surface area (Å²) in [6.45, 7) is 4.60. The van der Waals surface area contributed by atoms with Gasteiger partial charge in [0.15, 0.2) is 0 Å². The first-order valence-corrected chi connectivity index (χ1v) is 10.4. The third kappa shape index (κ3) is 4.51. The van der Waals surface area contributed by atoms with Crippen LogP contribution in [-0.4, -0.2) is 37.5 Å². The Labute approximate surface area is 172 Å². The molecule has 3 aromatic rings. The number of carbonyl (C=O) groups excluding carboxylic acids is 1. The van der Waals surface area contributed by atoms with E-state index in [4.69, 9.17) is 4.42 Å². The largest absolute Gasteiger partial charge is 0.465 e. The van der Waals surface area contributed by atoms with Crippen LogP contribution in [0.15, 0.2) is 35.0 Å². The number of nitrogens with one attached hydrogen (secondary N) is 1. The van der Waals surface area contributed by atoms with Crippen molar-refractivity contribution >= 4 is 34.3 Å². The van der Waals surface area contributed by atoms with E-state index in [0.717, 1.165) is 30.0 Å². The van der Waals surface area contributed by atoms with E-state index in [2.05, 4.69) is 25.5 Å². The molecule has 8 nitrogen and oxygen atoms in total. The molecule has 1 fully saturated rings. The molecule has 3 aromatic heterocycles. The number of hydrogen-bond donors (Lipinski definition) is 1. The summed E-state index contributed by atoms with van der Waals surface area (Å²) in [6, 6.07) is 5.43. The maximum absolute atomic E-state index is 12.7. The van der Waals surface area contributed by atoms with Crippen molar-refractivity contribution in [1.29, 1.82) is 0 Å². The van der Waals surface area contributed by atoms with Crippen molar-refractivity contribution in [1.82, 2.24) is 25.1 Å². The van der Waals surface area contributed by atoms with Gasteiger partial charge in [0, 0.05) is 18.7 Å². The fraction of sp³-hybridized carbons (Fsp3) is 0.350. The average molecular weight is 411 g/mol. The van der Waals surface area contributed by atoms with Crippen molar-refractivity contribution < 1.29 is 9.21 Å². The van der Waals surface area contributed by atoms with Crippen LogP contribution in [0, 0.1) is 6.92 Å². The van der Waals surface area contributed by atoms with Gasteiger partial charge in [0.2, 0.25) is 11.0 Å². The lowest BCUT2D eigenvalue weighted by Crippen LogP contribution is -2.29. The molecule has 1 aliphatic rings. The maximum Gasteiger partial charge on any atom is 0.247 e. The van der Waals surface area contributed by atoms with Crippen molar-refractivity contribution in [2.45, 2.75) is 39.2 Å². The normalized spacial score (nSPS) is 16.6. The van der Waals surface area contributed by atoms with Gasteiger partial charge < -0.3 is 14.6 Å². The molecule has 0 bridgehead atoms. The van der Waals surface area contributed by atoms with Crippen LogP contribution in [0.4, 0.5) is 10.9 Å².